The van der Waals surface area contributed by atoms with E-state index < -0.39 is 6.10 Å². The quantitative estimate of drug-likeness (QED) is 0.852. The number of aliphatic hydroxyl groups is 1. The SMILES string of the molecule is O=C(CCc1ccsc1)N1C[C@H]2C[C@@H](Oc3ccc(F)cc3)[C@H](O)C[C@H]2C1. The zero-order chi connectivity index (χ0) is 18.8. The summed E-state index contributed by atoms with van der Waals surface area (Å²) in [5.41, 5.74) is 1.22. The molecule has 4 rings (SSSR count). The van der Waals surface area contributed by atoms with Crippen molar-refractivity contribution in [3.63, 3.8) is 0 Å². The summed E-state index contributed by atoms with van der Waals surface area (Å²) in [6.45, 7) is 1.47. The average Bonchev–Trinajstić information content (AvgIpc) is 3.31. The molecule has 1 aliphatic carbocycles. The summed E-state index contributed by atoms with van der Waals surface area (Å²) < 4.78 is 19.0. The second-order valence-electron chi connectivity index (χ2n) is 7.60. The van der Waals surface area contributed by atoms with Gasteiger partial charge in [-0.05, 0) is 77.8 Å². The summed E-state index contributed by atoms with van der Waals surface area (Å²) in [6.07, 6.45) is 1.82. The summed E-state index contributed by atoms with van der Waals surface area (Å²) in [6, 6.07) is 7.95. The molecular formula is C21H24FNO3S. The number of fused-ring (bicyclic) bond motifs is 1. The summed E-state index contributed by atoms with van der Waals surface area (Å²) in [5.74, 6) is 1.14. The van der Waals surface area contributed by atoms with Gasteiger partial charge in [-0.2, -0.15) is 11.3 Å². The molecule has 0 bridgehead atoms. The molecule has 6 heteroatoms. The van der Waals surface area contributed by atoms with Gasteiger partial charge in [0.25, 0.3) is 0 Å². The number of hydrogen-bond acceptors (Lipinski definition) is 4. The number of halogens is 1. The molecule has 4 nitrogen and oxygen atoms in total. The maximum atomic E-state index is 13.0. The minimum absolute atomic E-state index is 0.195. The van der Waals surface area contributed by atoms with Gasteiger partial charge in [-0.3, -0.25) is 4.79 Å². The summed E-state index contributed by atoms with van der Waals surface area (Å²) in [5, 5.41) is 14.6. The number of ether oxygens (including phenoxy) is 1. The van der Waals surface area contributed by atoms with Crippen molar-refractivity contribution in [2.45, 2.75) is 37.9 Å². The highest BCUT2D eigenvalue weighted by molar-refractivity contribution is 7.07. The van der Waals surface area contributed by atoms with E-state index in [4.69, 9.17) is 4.74 Å². The molecule has 2 aliphatic rings. The first-order chi connectivity index (χ1) is 13.1. The molecule has 1 saturated carbocycles. The third kappa shape index (κ3) is 4.33. The van der Waals surface area contributed by atoms with Crippen molar-refractivity contribution < 1.29 is 19.0 Å². The summed E-state index contributed by atoms with van der Waals surface area (Å²) >= 11 is 1.65. The number of aryl methyl sites for hydroxylation is 1. The van der Waals surface area contributed by atoms with Gasteiger partial charge in [0.05, 0.1) is 6.10 Å². The number of carbonyl (C=O) groups is 1. The van der Waals surface area contributed by atoms with Gasteiger partial charge in [-0.1, -0.05) is 0 Å². The van der Waals surface area contributed by atoms with Crippen molar-refractivity contribution in [2.24, 2.45) is 11.8 Å². The van der Waals surface area contributed by atoms with E-state index in [2.05, 4.69) is 11.4 Å². The Balaban J connectivity index is 1.32. The Hall–Kier alpha value is -1.92. The monoisotopic (exact) mass is 389 g/mol. The third-order valence-corrected chi connectivity index (χ3v) is 6.48. The number of hydrogen-bond donors (Lipinski definition) is 1. The molecule has 2 fully saturated rings. The van der Waals surface area contributed by atoms with Crippen LogP contribution in [0.2, 0.25) is 0 Å². The molecule has 1 N–H and O–H groups in total. The lowest BCUT2D eigenvalue weighted by Crippen LogP contribution is -2.42. The van der Waals surface area contributed by atoms with E-state index in [9.17, 15) is 14.3 Å². The van der Waals surface area contributed by atoms with Crippen LogP contribution in [0.25, 0.3) is 0 Å². The van der Waals surface area contributed by atoms with Gasteiger partial charge in [0.1, 0.15) is 17.7 Å². The van der Waals surface area contributed by atoms with Crippen molar-refractivity contribution in [1.82, 2.24) is 4.90 Å². The van der Waals surface area contributed by atoms with Crippen LogP contribution in [0, 0.1) is 17.7 Å². The number of benzene rings is 1. The number of amides is 1. The molecule has 2 aromatic rings. The first kappa shape index (κ1) is 18.4. The minimum atomic E-state index is -0.558. The molecule has 0 radical (unpaired) electrons. The molecule has 1 aromatic heterocycles. The molecule has 0 unspecified atom stereocenters. The predicted molar refractivity (Wildman–Crippen MR) is 102 cm³/mol. The maximum Gasteiger partial charge on any atom is 0.222 e. The van der Waals surface area contributed by atoms with Crippen molar-refractivity contribution in [3.05, 3.63) is 52.5 Å². The van der Waals surface area contributed by atoms with Crippen molar-refractivity contribution in [1.29, 1.82) is 0 Å². The number of rotatable bonds is 5. The lowest BCUT2D eigenvalue weighted by Gasteiger charge is -2.35. The number of carbonyl (C=O) groups excluding carboxylic acids is 1. The lowest BCUT2D eigenvalue weighted by atomic mass is 9.78. The first-order valence-electron chi connectivity index (χ1n) is 9.47. The van der Waals surface area contributed by atoms with Gasteiger partial charge >= 0.3 is 0 Å². The molecule has 1 aromatic carbocycles. The Morgan fingerprint density at radius 2 is 1.93 bits per heavy atom. The minimum Gasteiger partial charge on any atom is -0.488 e. The standard InChI is InChI=1S/C21H24FNO3S/c22-17-2-4-18(5-3-17)26-20-10-16-12-23(11-15(16)9-19(20)24)21(25)6-1-14-7-8-27-13-14/h2-5,7-8,13,15-16,19-20,24H,1,6,9-12H2/t15-,16+,19+,20+/m0/s1. The highest BCUT2D eigenvalue weighted by Crippen LogP contribution is 2.38. The molecule has 1 saturated heterocycles. The fourth-order valence-electron chi connectivity index (χ4n) is 4.25. The topological polar surface area (TPSA) is 49.8 Å². The Kier molecular flexibility index (Phi) is 5.45. The highest BCUT2D eigenvalue weighted by atomic mass is 32.1. The lowest BCUT2D eigenvalue weighted by molar-refractivity contribution is -0.130. The molecule has 2 heterocycles. The second kappa shape index (κ2) is 7.98. The van der Waals surface area contributed by atoms with E-state index in [0.717, 1.165) is 25.9 Å². The van der Waals surface area contributed by atoms with E-state index in [-0.39, 0.29) is 17.8 Å². The Morgan fingerprint density at radius 1 is 1.19 bits per heavy atom. The van der Waals surface area contributed by atoms with Gasteiger partial charge in [-0.15, -0.1) is 0 Å². The van der Waals surface area contributed by atoms with Crippen molar-refractivity contribution >= 4 is 17.2 Å². The van der Waals surface area contributed by atoms with E-state index in [0.29, 0.717) is 30.4 Å². The Morgan fingerprint density at radius 3 is 2.63 bits per heavy atom. The normalized spacial score (nSPS) is 27.4. The van der Waals surface area contributed by atoms with Gasteiger partial charge in [0.2, 0.25) is 5.91 Å². The Bertz CT molecular complexity index is 764. The first-order valence-corrected chi connectivity index (χ1v) is 10.4. The van der Waals surface area contributed by atoms with Crippen molar-refractivity contribution in [2.75, 3.05) is 13.1 Å². The van der Waals surface area contributed by atoms with E-state index in [1.165, 1.54) is 17.7 Å². The third-order valence-electron chi connectivity index (χ3n) is 5.75. The summed E-state index contributed by atoms with van der Waals surface area (Å²) in [7, 11) is 0. The van der Waals surface area contributed by atoms with Crippen LogP contribution in [0.1, 0.15) is 24.8 Å². The van der Waals surface area contributed by atoms with E-state index in [1.54, 1.807) is 23.5 Å². The smallest absolute Gasteiger partial charge is 0.222 e. The molecule has 1 aliphatic heterocycles. The molecule has 0 spiro atoms. The fourth-order valence-corrected chi connectivity index (χ4v) is 4.96. The average molecular weight is 389 g/mol. The molecule has 4 atom stereocenters. The number of thiophene rings is 1. The van der Waals surface area contributed by atoms with Gasteiger partial charge in [-0.25, -0.2) is 4.39 Å². The summed E-state index contributed by atoms with van der Waals surface area (Å²) in [4.78, 5) is 14.5. The van der Waals surface area contributed by atoms with Gasteiger partial charge in [0, 0.05) is 19.5 Å². The van der Waals surface area contributed by atoms with Crippen LogP contribution in [-0.4, -0.2) is 41.2 Å². The zero-order valence-corrected chi connectivity index (χ0v) is 15.9. The van der Waals surface area contributed by atoms with Crippen LogP contribution in [0.15, 0.2) is 41.1 Å². The van der Waals surface area contributed by atoms with Crippen molar-refractivity contribution in [3.8, 4) is 5.75 Å². The van der Waals surface area contributed by atoms with Crippen LogP contribution in [0.3, 0.4) is 0 Å². The van der Waals surface area contributed by atoms with Gasteiger partial charge < -0.3 is 14.7 Å². The van der Waals surface area contributed by atoms with Crippen LogP contribution in [-0.2, 0) is 11.2 Å². The fraction of sp³-hybridized carbons (Fsp3) is 0.476. The molecule has 1 amide bonds. The number of aliphatic hydroxyl groups excluding tert-OH is 1. The number of likely N-dealkylation sites (tertiary alicyclic amines) is 1. The second-order valence-corrected chi connectivity index (χ2v) is 8.38. The zero-order valence-electron chi connectivity index (χ0n) is 15.1. The molecular weight excluding hydrogens is 365 g/mol. The van der Waals surface area contributed by atoms with Crippen LogP contribution < -0.4 is 4.74 Å². The predicted octanol–water partition coefficient (Wildman–Crippen LogP) is 3.50. The largest absolute Gasteiger partial charge is 0.488 e. The highest BCUT2D eigenvalue weighted by Gasteiger charge is 2.43. The Labute approximate surface area is 162 Å². The molecule has 27 heavy (non-hydrogen) atoms. The van der Waals surface area contributed by atoms with Crippen LogP contribution in [0.5, 0.6) is 5.75 Å². The van der Waals surface area contributed by atoms with Gasteiger partial charge in [0.15, 0.2) is 0 Å². The van der Waals surface area contributed by atoms with Crippen LogP contribution in [0.4, 0.5) is 4.39 Å². The van der Waals surface area contributed by atoms with E-state index in [1.807, 2.05) is 10.3 Å². The maximum absolute atomic E-state index is 13.0. The van der Waals surface area contributed by atoms with E-state index >= 15 is 0 Å². The van der Waals surface area contributed by atoms with Crippen LogP contribution >= 0.6 is 11.3 Å². The number of nitrogens with zero attached hydrogens (tertiary/aromatic N) is 1. The molecule has 144 valence electrons.